The van der Waals surface area contributed by atoms with Gasteiger partial charge in [-0.15, -0.1) is 6.42 Å². The molecule has 0 fully saturated rings. The van der Waals surface area contributed by atoms with Crippen LogP contribution in [0, 0.1) is 18.8 Å². The van der Waals surface area contributed by atoms with Crippen molar-refractivity contribution in [2.75, 3.05) is 0 Å². The molecule has 0 bridgehead atoms. The molecule has 2 aromatic carbocycles. The lowest BCUT2D eigenvalue weighted by molar-refractivity contribution is 1.14. The molecule has 0 N–H and O–H groups in total. The second-order valence-corrected chi connectivity index (χ2v) is 4.42. The van der Waals surface area contributed by atoms with Crippen molar-refractivity contribution in [2.45, 2.75) is 13.3 Å². The number of rotatable bonds is 4. The molecule has 0 heterocycles. The first-order valence-corrected chi connectivity index (χ1v) is 6.44. The van der Waals surface area contributed by atoms with E-state index >= 15 is 0 Å². The highest BCUT2D eigenvalue weighted by molar-refractivity contribution is 5.72. The zero-order valence-electron chi connectivity index (χ0n) is 11.1. The molecule has 0 aliphatic rings. The highest BCUT2D eigenvalue weighted by atomic mass is 14.0. The minimum atomic E-state index is 0.928. The molecule has 0 heteroatoms. The van der Waals surface area contributed by atoms with Crippen molar-refractivity contribution in [3.8, 4) is 12.3 Å². The molecule has 0 aliphatic carbocycles. The second kappa shape index (κ2) is 6.61. The van der Waals surface area contributed by atoms with Gasteiger partial charge in [-0.2, -0.15) is 0 Å². The molecule has 1 radical (unpaired) electrons. The molecule has 2 aromatic rings. The van der Waals surface area contributed by atoms with E-state index in [4.69, 9.17) is 6.42 Å². The van der Waals surface area contributed by atoms with E-state index in [2.05, 4.69) is 55.7 Å². The van der Waals surface area contributed by atoms with Crippen molar-refractivity contribution < 1.29 is 0 Å². The number of terminal acetylenes is 1. The molecule has 0 atom stereocenters. The van der Waals surface area contributed by atoms with E-state index in [-0.39, 0.29) is 0 Å². The Hall–Kier alpha value is -2.26. The molecule has 0 saturated carbocycles. The van der Waals surface area contributed by atoms with Gasteiger partial charge in [0.2, 0.25) is 0 Å². The topological polar surface area (TPSA) is 0 Å². The number of hydrogen-bond donors (Lipinski definition) is 0. The van der Waals surface area contributed by atoms with E-state index in [1.807, 2.05) is 24.3 Å². The van der Waals surface area contributed by atoms with Gasteiger partial charge in [-0.25, -0.2) is 0 Å². The van der Waals surface area contributed by atoms with Crippen LogP contribution < -0.4 is 0 Å². The Labute approximate surface area is 115 Å². The summed E-state index contributed by atoms with van der Waals surface area (Å²) in [4.78, 5) is 0. The summed E-state index contributed by atoms with van der Waals surface area (Å²) in [5.41, 5.74) is 4.54. The van der Waals surface area contributed by atoms with Gasteiger partial charge in [0.05, 0.1) is 0 Å². The van der Waals surface area contributed by atoms with Gasteiger partial charge in [0.25, 0.3) is 0 Å². The Bertz CT molecular complexity index is 612. The first-order valence-electron chi connectivity index (χ1n) is 6.44. The van der Waals surface area contributed by atoms with Gasteiger partial charge < -0.3 is 0 Å². The quantitative estimate of drug-likeness (QED) is 0.545. The van der Waals surface area contributed by atoms with Gasteiger partial charge in [0, 0.05) is 5.56 Å². The lowest BCUT2D eigenvalue weighted by atomic mass is 10.0. The first-order chi connectivity index (χ1) is 9.33. The lowest BCUT2D eigenvalue weighted by Crippen LogP contribution is -1.84. The zero-order chi connectivity index (χ0) is 13.5. The Morgan fingerprint density at radius 1 is 1.05 bits per heavy atom. The number of hydrogen-bond acceptors (Lipinski definition) is 0. The fourth-order valence-corrected chi connectivity index (χ4v) is 2.02. The van der Waals surface area contributed by atoms with Crippen LogP contribution in [-0.2, 0) is 6.42 Å². The van der Waals surface area contributed by atoms with Crippen molar-refractivity contribution in [1.29, 1.82) is 0 Å². The normalized spacial score (nSPS) is 10.5. The average Bonchev–Trinajstić information content (AvgIpc) is 2.46. The lowest BCUT2D eigenvalue weighted by Gasteiger charge is -2.01. The smallest absolute Gasteiger partial charge is 0.0315 e. The van der Waals surface area contributed by atoms with E-state index in [0.717, 1.165) is 17.5 Å². The summed E-state index contributed by atoms with van der Waals surface area (Å²) >= 11 is 0. The standard InChI is InChI=1S/C19H17/c1-3-8-16-9-7-10-17(15-16)13-14-19-12-6-5-11-18(19)4-2/h2-3,5-7,9-15H,8H2,1H3/b14-13+. The highest BCUT2D eigenvalue weighted by Crippen LogP contribution is 2.14. The van der Waals surface area contributed by atoms with Crippen LogP contribution in [0.5, 0.6) is 0 Å². The third-order valence-corrected chi connectivity index (χ3v) is 2.96. The third-order valence-electron chi connectivity index (χ3n) is 2.96. The molecule has 2 rings (SSSR count). The van der Waals surface area contributed by atoms with E-state index in [1.165, 1.54) is 11.1 Å². The van der Waals surface area contributed by atoms with Crippen molar-refractivity contribution in [3.63, 3.8) is 0 Å². The molecule has 0 nitrogen and oxygen atoms in total. The summed E-state index contributed by atoms with van der Waals surface area (Å²) < 4.78 is 0. The van der Waals surface area contributed by atoms with Crippen molar-refractivity contribution in [3.05, 3.63) is 77.2 Å². The van der Waals surface area contributed by atoms with Crippen LogP contribution >= 0.6 is 0 Å². The molecule has 0 aromatic heterocycles. The molecule has 0 spiro atoms. The fraction of sp³-hybridized carbons (Fsp3) is 0.105. The maximum Gasteiger partial charge on any atom is 0.0315 e. The van der Waals surface area contributed by atoms with Crippen LogP contribution in [-0.4, -0.2) is 0 Å². The molecule has 0 amide bonds. The van der Waals surface area contributed by atoms with Gasteiger partial charge in [-0.1, -0.05) is 67.5 Å². The van der Waals surface area contributed by atoms with E-state index in [9.17, 15) is 0 Å². The zero-order valence-corrected chi connectivity index (χ0v) is 11.1. The molecular weight excluding hydrogens is 228 g/mol. The first kappa shape index (κ1) is 13.2. The molecule has 19 heavy (non-hydrogen) atoms. The SMILES string of the molecule is C#Cc1ccccc1/C=C/c1cccc(C[CH]C)c1. The molecule has 0 aliphatic heterocycles. The number of benzene rings is 2. The molecule has 0 saturated heterocycles. The Morgan fingerprint density at radius 3 is 2.68 bits per heavy atom. The van der Waals surface area contributed by atoms with Crippen molar-refractivity contribution in [2.24, 2.45) is 0 Å². The highest BCUT2D eigenvalue weighted by Gasteiger charge is 1.95. The van der Waals surface area contributed by atoms with Crippen LogP contribution in [0.2, 0.25) is 0 Å². The van der Waals surface area contributed by atoms with Gasteiger partial charge in [0.1, 0.15) is 0 Å². The molecule has 0 unspecified atom stereocenters. The second-order valence-electron chi connectivity index (χ2n) is 4.42. The monoisotopic (exact) mass is 245 g/mol. The van der Waals surface area contributed by atoms with Gasteiger partial charge in [-0.05, 0) is 35.6 Å². The Morgan fingerprint density at radius 2 is 1.89 bits per heavy atom. The van der Waals surface area contributed by atoms with Crippen LogP contribution in [0.15, 0.2) is 48.5 Å². The van der Waals surface area contributed by atoms with E-state index < -0.39 is 0 Å². The van der Waals surface area contributed by atoms with Crippen molar-refractivity contribution >= 4 is 12.2 Å². The maximum atomic E-state index is 5.50. The van der Waals surface area contributed by atoms with Gasteiger partial charge in [0.15, 0.2) is 0 Å². The minimum absolute atomic E-state index is 0.928. The summed E-state index contributed by atoms with van der Waals surface area (Å²) in [5.74, 6) is 2.71. The largest absolute Gasteiger partial charge is 0.115 e. The molecule has 93 valence electrons. The van der Waals surface area contributed by atoms with E-state index in [0.29, 0.717) is 0 Å². The van der Waals surface area contributed by atoms with Gasteiger partial charge >= 0.3 is 0 Å². The average molecular weight is 245 g/mol. The maximum absolute atomic E-state index is 5.50. The van der Waals surface area contributed by atoms with Crippen molar-refractivity contribution in [1.82, 2.24) is 0 Å². The molecular formula is C19H17. The minimum Gasteiger partial charge on any atom is -0.115 e. The van der Waals surface area contributed by atoms with Crippen LogP contribution in [0.4, 0.5) is 0 Å². The van der Waals surface area contributed by atoms with E-state index in [1.54, 1.807) is 0 Å². The summed E-state index contributed by atoms with van der Waals surface area (Å²) in [6.45, 7) is 2.08. The Balaban J connectivity index is 2.23. The summed E-state index contributed by atoms with van der Waals surface area (Å²) in [7, 11) is 0. The summed E-state index contributed by atoms with van der Waals surface area (Å²) in [6, 6.07) is 16.5. The van der Waals surface area contributed by atoms with Crippen LogP contribution in [0.25, 0.3) is 12.2 Å². The fourth-order valence-electron chi connectivity index (χ4n) is 2.02. The Kier molecular flexibility index (Phi) is 4.59. The predicted octanol–water partition coefficient (Wildman–Crippen LogP) is 4.60. The van der Waals surface area contributed by atoms with Gasteiger partial charge in [-0.3, -0.25) is 0 Å². The van der Waals surface area contributed by atoms with Crippen LogP contribution in [0.3, 0.4) is 0 Å². The van der Waals surface area contributed by atoms with Crippen LogP contribution in [0.1, 0.15) is 29.2 Å². The third kappa shape index (κ3) is 3.60. The summed E-state index contributed by atoms with van der Waals surface area (Å²) in [6.07, 6.45) is 12.8. The summed E-state index contributed by atoms with van der Waals surface area (Å²) in [5, 5.41) is 0. The predicted molar refractivity (Wildman–Crippen MR) is 83.4 cm³/mol.